The first-order chi connectivity index (χ1) is 11.0. The van der Waals surface area contributed by atoms with Gasteiger partial charge in [-0.05, 0) is 43.0 Å². The fraction of sp³-hybridized carbons (Fsp3) is 0.471. The average molecular weight is 339 g/mol. The van der Waals surface area contributed by atoms with Gasteiger partial charge in [0.2, 0.25) is 0 Å². The fourth-order valence-electron chi connectivity index (χ4n) is 3.05. The van der Waals surface area contributed by atoms with Gasteiger partial charge in [-0.3, -0.25) is 4.90 Å². The van der Waals surface area contributed by atoms with Gasteiger partial charge in [-0.1, -0.05) is 24.3 Å². The van der Waals surface area contributed by atoms with Crippen molar-refractivity contribution in [2.75, 3.05) is 13.1 Å². The van der Waals surface area contributed by atoms with E-state index in [4.69, 9.17) is 0 Å². The summed E-state index contributed by atoms with van der Waals surface area (Å²) in [6.07, 6.45) is -1.21. The average Bonchev–Trinajstić information content (AvgIpc) is 3.00. The molecule has 1 radical (unpaired) electrons. The second-order valence-electron chi connectivity index (χ2n) is 5.96. The van der Waals surface area contributed by atoms with Gasteiger partial charge < -0.3 is 0 Å². The molecule has 0 unspecified atom stereocenters. The predicted octanol–water partition coefficient (Wildman–Crippen LogP) is 4.43. The first-order valence-corrected chi connectivity index (χ1v) is 8.50. The van der Waals surface area contributed by atoms with E-state index in [-0.39, 0.29) is 0 Å². The molecule has 23 heavy (non-hydrogen) atoms. The number of halogens is 3. The quantitative estimate of drug-likeness (QED) is 0.819. The molecule has 0 bridgehead atoms. The molecule has 1 saturated heterocycles. The molecule has 0 amide bonds. The number of alkyl halides is 3. The molecule has 0 N–H and O–H groups in total. The van der Waals surface area contributed by atoms with Crippen LogP contribution in [0.1, 0.15) is 34.9 Å². The Bertz CT molecular complexity index is 600. The van der Waals surface area contributed by atoms with Crippen LogP contribution in [0.5, 0.6) is 0 Å². The van der Waals surface area contributed by atoms with E-state index in [1.165, 1.54) is 0 Å². The lowest BCUT2D eigenvalue weighted by Crippen LogP contribution is -2.32. The summed E-state index contributed by atoms with van der Waals surface area (Å²) in [4.78, 5) is 6.63. The Morgan fingerprint density at radius 3 is 2.43 bits per heavy atom. The van der Waals surface area contributed by atoms with Crippen LogP contribution in [0, 0.1) is 5.38 Å². The maximum Gasteiger partial charge on any atom is 0.393 e. The normalized spacial score (nSPS) is 17.5. The highest BCUT2D eigenvalue weighted by Crippen LogP contribution is 2.30. The van der Waals surface area contributed by atoms with E-state index in [9.17, 15) is 13.2 Å². The number of benzene rings is 1. The lowest BCUT2D eigenvalue weighted by molar-refractivity contribution is -0.127. The number of hydrogen-bond donors (Lipinski definition) is 0. The second kappa shape index (κ2) is 7.01. The Morgan fingerprint density at radius 1 is 1.17 bits per heavy atom. The zero-order valence-electron chi connectivity index (χ0n) is 12.6. The number of rotatable bonds is 4. The fourth-order valence-corrected chi connectivity index (χ4v) is 3.64. The summed E-state index contributed by atoms with van der Waals surface area (Å²) in [5.41, 5.74) is 1.48. The Morgan fingerprint density at radius 2 is 1.87 bits per heavy atom. The molecule has 2 aromatic rings. The topological polar surface area (TPSA) is 16.1 Å². The van der Waals surface area contributed by atoms with E-state index in [1.54, 1.807) is 29.7 Å². The maximum atomic E-state index is 12.4. The van der Waals surface area contributed by atoms with E-state index in [0.717, 1.165) is 43.0 Å². The van der Waals surface area contributed by atoms with Gasteiger partial charge in [0.25, 0.3) is 0 Å². The van der Waals surface area contributed by atoms with E-state index < -0.39 is 12.6 Å². The van der Waals surface area contributed by atoms with Gasteiger partial charge in [0.1, 0.15) is 5.01 Å². The molecule has 3 rings (SSSR count). The van der Waals surface area contributed by atoms with Crippen LogP contribution in [-0.2, 0) is 13.0 Å². The molecule has 1 aromatic carbocycles. The van der Waals surface area contributed by atoms with Gasteiger partial charge in [-0.2, -0.15) is 13.2 Å². The van der Waals surface area contributed by atoms with Crippen LogP contribution in [0.2, 0.25) is 0 Å². The smallest absolute Gasteiger partial charge is 0.297 e. The maximum absolute atomic E-state index is 12.4. The van der Waals surface area contributed by atoms with Gasteiger partial charge >= 0.3 is 6.18 Å². The summed E-state index contributed by atoms with van der Waals surface area (Å²) in [5.74, 6) is 0.439. The van der Waals surface area contributed by atoms with Crippen LogP contribution in [0.3, 0.4) is 0 Å². The molecule has 0 atom stereocenters. The first-order valence-electron chi connectivity index (χ1n) is 7.68. The zero-order chi connectivity index (χ0) is 16.3. The van der Waals surface area contributed by atoms with Crippen LogP contribution < -0.4 is 0 Å². The number of hydrogen-bond acceptors (Lipinski definition) is 3. The molecular weight excluding hydrogens is 321 g/mol. The molecule has 0 saturated carbocycles. The molecule has 1 fully saturated rings. The van der Waals surface area contributed by atoms with Gasteiger partial charge in [-0.15, -0.1) is 11.3 Å². The summed E-state index contributed by atoms with van der Waals surface area (Å²) in [5, 5.41) is 4.08. The van der Waals surface area contributed by atoms with Crippen molar-refractivity contribution in [3.63, 3.8) is 0 Å². The highest BCUT2D eigenvalue weighted by Gasteiger charge is 2.27. The minimum Gasteiger partial charge on any atom is -0.297 e. The van der Waals surface area contributed by atoms with Gasteiger partial charge in [0, 0.05) is 6.20 Å². The summed E-state index contributed by atoms with van der Waals surface area (Å²) in [6, 6.07) is 6.94. The number of aromatic nitrogens is 1. The summed E-state index contributed by atoms with van der Waals surface area (Å²) in [6.45, 7) is 2.86. The van der Waals surface area contributed by atoms with Crippen molar-refractivity contribution in [1.29, 1.82) is 0 Å². The minimum absolute atomic E-state index is 0.332. The van der Waals surface area contributed by atoms with Crippen LogP contribution in [0.4, 0.5) is 13.2 Å². The molecular formula is C17H18F3N2S. The Balaban J connectivity index is 1.53. The molecule has 1 aliphatic heterocycles. The number of nitrogens with zero attached hydrogens (tertiary/aromatic N) is 2. The molecule has 6 heteroatoms. The largest absolute Gasteiger partial charge is 0.393 e. The first kappa shape index (κ1) is 16.5. The highest BCUT2D eigenvalue weighted by atomic mass is 32.1. The standard InChI is InChI=1S/C17H18F3N2S/c18-17(19,20)11-13-1-3-14(4-2-13)15-5-8-22(9-6-15)12-16-21-7-10-23-16/h1-4,7,15H,5-6,8-9,11-12H2. The van der Waals surface area contributed by atoms with Crippen molar-refractivity contribution < 1.29 is 13.2 Å². The van der Waals surface area contributed by atoms with Crippen LogP contribution in [0.25, 0.3) is 0 Å². The summed E-state index contributed by atoms with van der Waals surface area (Å²) < 4.78 is 37.1. The van der Waals surface area contributed by atoms with Gasteiger partial charge in [-0.25, -0.2) is 4.98 Å². The van der Waals surface area contributed by atoms with Crippen LogP contribution in [-0.4, -0.2) is 29.1 Å². The molecule has 1 aliphatic rings. The van der Waals surface area contributed by atoms with E-state index in [1.807, 2.05) is 12.1 Å². The summed E-state index contributed by atoms with van der Waals surface area (Å²) in [7, 11) is 0. The molecule has 123 valence electrons. The zero-order valence-corrected chi connectivity index (χ0v) is 13.5. The van der Waals surface area contributed by atoms with Crippen molar-refractivity contribution >= 4 is 11.3 Å². The number of piperidine rings is 1. The van der Waals surface area contributed by atoms with E-state index >= 15 is 0 Å². The third-order valence-electron chi connectivity index (χ3n) is 4.24. The van der Waals surface area contributed by atoms with Crippen molar-refractivity contribution in [3.8, 4) is 0 Å². The SMILES string of the molecule is FC(F)(F)Cc1ccc(C2CCN(Cc3nc[c]s3)CC2)cc1. The van der Waals surface area contributed by atoms with Crippen molar-refractivity contribution in [2.24, 2.45) is 0 Å². The van der Waals surface area contributed by atoms with E-state index in [2.05, 4.69) is 15.3 Å². The molecule has 2 nitrogen and oxygen atoms in total. The molecule has 2 heterocycles. The Hall–Kier alpha value is -1.40. The lowest BCUT2D eigenvalue weighted by atomic mass is 9.89. The predicted molar refractivity (Wildman–Crippen MR) is 84.4 cm³/mol. The lowest BCUT2D eigenvalue weighted by Gasteiger charge is -2.31. The molecule has 1 aromatic heterocycles. The Kier molecular flexibility index (Phi) is 5.02. The van der Waals surface area contributed by atoms with Crippen LogP contribution >= 0.6 is 11.3 Å². The van der Waals surface area contributed by atoms with Crippen molar-refractivity contribution in [2.45, 2.75) is 37.9 Å². The Labute approximate surface area is 138 Å². The van der Waals surface area contributed by atoms with Crippen LogP contribution in [0.15, 0.2) is 30.5 Å². The third kappa shape index (κ3) is 4.78. The minimum atomic E-state index is -4.14. The monoisotopic (exact) mass is 339 g/mol. The number of thiazole rings is 1. The highest BCUT2D eigenvalue weighted by molar-refractivity contribution is 7.09. The molecule has 0 spiro atoms. The molecule has 0 aliphatic carbocycles. The second-order valence-corrected chi connectivity index (χ2v) is 6.87. The number of likely N-dealkylation sites (tertiary alicyclic amines) is 1. The van der Waals surface area contributed by atoms with E-state index in [0.29, 0.717) is 11.5 Å². The van der Waals surface area contributed by atoms with Gasteiger partial charge in [0.15, 0.2) is 0 Å². The van der Waals surface area contributed by atoms with Crippen molar-refractivity contribution in [1.82, 2.24) is 9.88 Å². The third-order valence-corrected chi connectivity index (χ3v) is 4.93. The van der Waals surface area contributed by atoms with Gasteiger partial charge in [0.05, 0.1) is 18.3 Å². The van der Waals surface area contributed by atoms with Crippen molar-refractivity contribution in [3.05, 3.63) is 52.0 Å². The summed E-state index contributed by atoms with van der Waals surface area (Å²) >= 11 is 1.55.